The molecule has 0 atom stereocenters. The summed E-state index contributed by atoms with van der Waals surface area (Å²) in [7, 11) is 0. The maximum absolute atomic E-state index is 5.75. The Morgan fingerprint density at radius 2 is 2.12 bits per heavy atom. The van der Waals surface area contributed by atoms with E-state index in [1.807, 2.05) is 0 Å². The second kappa shape index (κ2) is 4.30. The van der Waals surface area contributed by atoms with E-state index in [-0.39, 0.29) is 5.41 Å². The van der Waals surface area contributed by atoms with E-state index in [1.165, 1.54) is 11.5 Å². The second-order valence-corrected chi connectivity index (χ2v) is 6.40. The summed E-state index contributed by atoms with van der Waals surface area (Å²) in [5.41, 5.74) is 5.78. The number of nitrogens with two attached hydrogens (primary N) is 1. The average Bonchev–Trinajstić information content (AvgIpc) is 2.58. The molecule has 1 aliphatic rings. The quantitative estimate of drug-likeness (QED) is 0.848. The largest absolute Gasteiger partial charge is 0.360 e. The number of hydrogen-bond donors (Lipinski definition) is 2. The second-order valence-electron chi connectivity index (χ2n) is 5.65. The van der Waals surface area contributed by atoms with E-state index in [1.54, 1.807) is 0 Å². The smallest absolute Gasteiger partial charge is 0.202 e. The first kappa shape index (κ1) is 11.8. The van der Waals surface area contributed by atoms with E-state index >= 15 is 0 Å². The molecule has 1 aromatic rings. The van der Waals surface area contributed by atoms with Crippen molar-refractivity contribution in [2.24, 2.45) is 11.7 Å². The summed E-state index contributed by atoms with van der Waals surface area (Å²) in [6.45, 7) is 7.36. The molecular weight excluding hydrogens is 220 g/mol. The molecule has 0 aliphatic heterocycles. The third-order valence-corrected chi connectivity index (χ3v) is 3.58. The van der Waals surface area contributed by atoms with Crippen LogP contribution in [0.1, 0.15) is 39.4 Å². The molecule has 4 nitrogen and oxygen atoms in total. The van der Waals surface area contributed by atoms with Crippen molar-refractivity contribution in [2.75, 3.05) is 11.9 Å². The lowest BCUT2D eigenvalue weighted by Gasteiger charge is -2.32. The van der Waals surface area contributed by atoms with E-state index in [9.17, 15) is 0 Å². The van der Waals surface area contributed by atoms with E-state index in [0.29, 0.717) is 6.04 Å². The molecule has 1 aromatic heterocycles. The minimum absolute atomic E-state index is 0.0370. The normalized spacial score (nSPS) is 25.2. The van der Waals surface area contributed by atoms with Crippen molar-refractivity contribution in [3.05, 3.63) is 5.82 Å². The Morgan fingerprint density at radius 3 is 2.62 bits per heavy atom. The number of hydrogen-bond acceptors (Lipinski definition) is 5. The van der Waals surface area contributed by atoms with Crippen molar-refractivity contribution >= 4 is 16.7 Å². The Balaban J connectivity index is 1.84. The van der Waals surface area contributed by atoms with Crippen LogP contribution in [0.3, 0.4) is 0 Å². The molecule has 5 heteroatoms. The molecule has 0 bridgehead atoms. The number of aromatic nitrogens is 2. The highest BCUT2D eigenvalue weighted by molar-refractivity contribution is 7.09. The van der Waals surface area contributed by atoms with Gasteiger partial charge in [0, 0.05) is 29.5 Å². The Morgan fingerprint density at radius 1 is 1.44 bits per heavy atom. The molecule has 0 spiro atoms. The van der Waals surface area contributed by atoms with Gasteiger partial charge in [-0.25, -0.2) is 4.98 Å². The van der Waals surface area contributed by atoms with Gasteiger partial charge in [0.1, 0.15) is 5.82 Å². The standard InChI is InChI=1S/C11H20N4S/c1-11(2,3)9-14-10(16-15-9)13-6-7-4-8(12)5-7/h7-8H,4-6,12H2,1-3H3,(H,13,14,15). The van der Waals surface area contributed by atoms with Gasteiger partial charge in [-0.05, 0) is 18.8 Å². The molecule has 0 aromatic carbocycles. The highest BCUT2D eigenvalue weighted by Gasteiger charge is 2.26. The molecule has 0 saturated heterocycles. The van der Waals surface area contributed by atoms with Gasteiger partial charge in [0.25, 0.3) is 0 Å². The van der Waals surface area contributed by atoms with Crippen LogP contribution >= 0.6 is 11.5 Å². The van der Waals surface area contributed by atoms with E-state index in [2.05, 4.69) is 35.4 Å². The highest BCUT2D eigenvalue weighted by Crippen LogP contribution is 2.27. The Bertz CT molecular complexity index is 349. The summed E-state index contributed by atoms with van der Waals surface area (Å²) in [6, 6.07) is 0.423. The van der Waals surface area contributed by atoms with Crippen LogP contribution in [0.5, 0.6) is 0 Å². The fraction of sp³-hybridized carbons (Fsp3) is 0.818. The van der Waals surface area contributed by atoms with Gasteiger partial charge in [-0.1, -0.05) is 20.8 Å². The molecule has 16 heavy (non-hydrogen) atoms. The molecule has 1 saturated carbocycles. The predicted molar refractivity (Wildman–Crippen MR) is 67.8 cm³/mol. The van der Waals surface area contributed by atoms with Gasteiger partial charge in [-0.3, -0.25) is 0 Å². The van der Waals surface area contributed by atoms with Crippen molar-refractivity contribution in [3.63, 3.8) is 0 Å². The van der Waals surface area contributed by atoms with Crippen molar-refractivity contribution < 1.29 is 0 Å². The molecule has 3 N–H and O–H groups in total. The third-order valence-electron chi connectivity index (χ3n) is 2.91. The zero-order valence-electron chi connectivity index (χ0n) is 10.2. The van der Waals surface area contributed by atoms with E-state index in [4.69, 9.17) is 5.73 Å². The van der Waals surface area contributed by atoms with Gasteiger partial charge >= 0.3 is 0 Å². The zero-order valence-corrected chi connectivity index (χ0v) is 11.0. The minimum Gasteiger partial charge on any atom is -0.360 e. The highest BCUT2D eigenvalue weighted by atomic mass is 32.1. The third kappa shape index (κ3) is 2.71. The number of rotatable bonds is 3. The number of anilines is 1. The summed E-state index contributed by atoms with van der Waals surface area (Å²) in [4.78, 5) is 4.50. The van der Waals surface area contributed by atoms with E-state index in [0.717, 1.165) is 36.3 Å². The van der Waals surface area contributed by atoms with Gasteiger partial charge in [0.2, 0.25) is 5.13 Å². The van der Waals surface area contributed by atoms with Gasteiger partial charge in [0.05, 0.1) is 0 Å². The Kier molecular flexibility index (Phi) is 3.17. The lowest BCUT2D eigenvalue weighted by atomic mass is 9.81. The first-order valence-corrected chi connectivity index (χ1v) is 6.56. The lowest BCUT2D eigenvalue weighted by Crippen LogP contribution is -2.39. The molecular formula is C11H20N4S. The van der Waals surface area contributed by atoms with Crippen molar-refractivity contribution in [1.29, 1.82) is 0 Å². The zero-order chi connectivity index (χ0) is 11.8. The van der Waals surface area contributed by atoms with Gasteiger partial charge in [0.15, 0.2) is 0 Å². The van der Waals surface area contributed by atoms with Crippen LogP contribution in [0.4, 0.5) is 5.13 Å². The average molecular weight is 240 g/mol. The predicted octanol–water partition coefficient (Wildman–Crippen LogP) is 1.98. The van der Waals surface area contributed by atoms with Crippen molar-refractivity contribution in [2.45, 2.75) is 45.1 Å². The maximum atomic E-state index is 5.75. The molecule has 0 amide bonds. The summed E-state index contributed by atoms with van der Waals surface area (Å²) >= 11 is 1.45. The Hall–Kier alpha value is -0.680. The first-order valence-electron chi connectivity index (χ1n) is 5.79. The summed E-state index contributed by atoms with van der Waals surface area (Å²) < 4.78 is 4.37. The first-order chi connectivity index (χ1) is 7.45. The van der Waals surface area contributed by atoms with Crippen LogP contribution in [0.15, 0.2) is 0 Å². The number of nitrogens with zero attached hydrogens (tertiary/aromatic N) is 2. The van der Waals surface area contributed by atoms with Crippen LogP contribution in [-0.2, 0) is 5.41 Å². The maximum Gasteiger partial charge on any atom is 0.202 e. The molecule has 0 unspecified atom stereocenters. The lowest BCUT2D eigenvalue weighted by molar-refractivity contribution is 0.280. The summed E-state index contributed by atoms with van der Waals surface area (Å²) in [6.07, 6.45) is 2.27. The monoisotopic (exact) mass is 240 g/mol. The fourth-order valence-corrected chi connectivity index (χ4v) is 2.55. The van der Waals surface area contributed by atoms with Crippen LogP contribution in [0.25, 0.3) is 0 Å². The topological polar surface area (TPSA) is 63.8 Å². The van der Waals surface area contributed by atoms with Crippen LogP contribution < -0.4 is 11.1 Å². The minimum atomic E-state index is 0.0370. The van der Waals surface area contributed by atoms with Crippen molar-refractivity contribution in [3.8, 4) is 0 Å². The molecule has 1 aliphatic carbocycles. The fourth-order valence-electron chi connectivity index (χ4n) is 1.79. The van der Waals surface area contributed by atoms with Gasteiger partial charge in [-0.2, -0.15) is 4.37 Å². The molecule has 90 valence electrons. The van der Waals surface area contributed by atoms with Crippen LogP contribution in [-0.4, -0.2) is 21.9 Å². The molecule has 1 fully saturated rings. The number of nitrogens with one attached hydrogen (secondary N) is 1. The summed E-state index contributed by atoms with van der Waals surface area (Å²) in [5.74, 6) is 1.64. The molecule has 0 radical (unpaired) electrons. The van der Waals surface area contributed by atoms with Crippen LogP contribution in [0.2, 0.25) is 0 Å². The van der Waals surface area contributed by atoms with Gasteiger partial charge in [-0.15, -0.1) is 0 Å². The summed E-state index contributed by atoms with van der Waals surface area (Å²) in [5, 5.41) is 4.28. The van der Waals surface area contributed by atoms with Crippen LogP contribution in [0, 0.1) is 5.92 Å². The van der Waals surface area contributed by atoms with E-state index < -0.39 is 0 Å². The molecule has 2 rings (SSSR count). The van der Waals surface area contributed by atoms with Gasteiger partial charge < -0.3 is 11.1 Å². The SMILES string of the molecule is CC(C)(C)c1nsc(NCC2CC(N)C2)n1. The van der Waals surface area contributed by atoms with Crippen molar-refractivity contribution in [1.82, 2.24) is 9.36 Å². The molecule has 1 heterocycles. The Labute approximate surface area is 101 Å².